The molecule has 0 spiro atoms. The van der Waals surface area contributed by atoms with Crippen LogP contribution in [-0.2, 0) is 11.4 Å². The van der Waals surface area contributed by atoms with Crippen LogP contribution < -0.4 is 15.4 Å². The summed E-state index contributed by atoms with van der Waals surface area (Å²) < 4.78 is 42.3. The fourth-order valence-electron chi connectivity index (χ4n) is 4.92. The maximum atomic E-state index is 12.7. The topological polar surface area (TPSA) is 99.0 Å². The van der Waals surface area contributed by atoms with Gasteiger partial charge in [-0.1, -0.05) is 18.2 Å². The van der Waals surface area contributed by atoms with Crippen LogP contribution in [0.1, 0.15) is 31.2 Å². The Kier molecular flexibility index (Phi) is 8.70. The second kappa shape index (κ2) is 12.0. The van der Waals surface area contributed by atoms with Crippen LogP contribution >= 0.6 is 0 Å². The number of ether oxygens (including phenoxy) is 1. The molecular formula is C25H33F3N5O4+. The van der Waals surface area contributed by atoms with Crippen molar-refractivity contribution in [1.82, 2.24) is 9.88 Å². The molecule has 9 nitrogen and oxygen atoms in total. The number of nitrogens with zero attached hydrogens (tertiary/aromatic N) is 3. The zero-order valence-electron chi connectivity index (χ0n) is 20.7. The summed E-state index contributed by atoms with van der Waals surface area (Å²) in [6.45, 7) is 3.30. The van der Waals surface area contributed by atoms with Crippen molar-refractivity contribution < 1.29 is 32.8 Å². The number of hydrogen-bond donors (Lipinski definition) is 3. The molecule has 2 heterocycles. The molecule has 0 atom stereocenters. The number of rotatable bonds is 11. The molecule has 2 fully saturated rings. The van der Waals surface area contributed by atoms with E-state index in [0.29, 0.717) is 40.4 Å². The number of β-amino-alcohol motifs (C(OH)–C–C–N with tert-alkyl or cyclic N) is 1. The van der Waals surface area contributed by atoms with Gasteiger partial charge in [0.25, 0.3) is 4.92 Å². The zero-order valence-corrected chi connectivity index (χ0v) is 20.7. The van der Waals surface area contributed by atoms with Crippen LogP contribution in [-0.4, -0.2) is 65.7 Å². The highest BCUT2D eigenvalue weighted by Crippen LogP contribution is 2.33. The molecule has 12 heteroatoms. The Bertz CT molecular complexity index is 1060. The van der Waals surface area contributed by atoms with Crippen molar-refractivity contribution in [3.63, 3.8) is 0 Å². The summed E-state index contributed by atoms with van der Waals surface area (Å²) >= 11 is 0. The standard InChI is InChI=1S/C25H33F3N5O4/c1-36-33(35)22-13-31-24(30-12-19-4-2-3-5-23(19)37-25(26,27)28)10-21(22)29-11-17-6-8-18(9-7-17)14-32-15-20(34)16-32/h2-5,10,13,17-18,20,34H,6-9,11-12,14-16H2,1H3,(H2,29,30,31)/q+1. The van der Waals surface area contributed by atoms with E-state index < -0.39 is 6.36 Å². The minimum atomic E-state index is -4.79. The number of para-hydroxylation sites is 1. The van der Waals surface area contributed by atoms with Crippen molar-refractivity contribution in [2.75, 3.05) is 43.9 Å². The second-order valence-corrected chi connectivity index (χ2v) is 9.68. The molecule has 1 aromatic carbocycles. The highest BCUT2D eigenvalue weighted by atomic mass is 19.4. The van der Waals surface area contributed by atoms with Gasteiger partial charge in [0.1, 0.15) is 23.5 Å². The second-order valence-electron chi connectivity index (χ2n) is 9.68. The number of benzene rings is 1. The number of nitrogens with one attached hydrogen (secondary N) is 2. The Labute approximate surface area is 213 Å². The quantitative estimate of drug-likeness (QED) is 0.371. The number of anilines is 2. The maximum Gasteiger partial charge on any atom is 0.573 e. The van der Waals surface area contributed by atoms with E-state index in [1.807, 2.05) is 0 Å². The number of likely N-dealkylation sites (tertiary alicyclic amines) is 1. The van der Waals surface area contributed by atoms with Gasteiger partial charge >= 0.3 is 12.0 Å². The van der Waals surface area contributed by atoms with Gasteiger partial charge in [-0.05, 0) is 43.6 Å². The lowest BCUT2D eigenvalue weighted by Gasteiger charge is -2.40. The Morgan fingerprint density at radius 1 is 1.14 bits per heavy atom. The Balaban J connectivity index is 1.35. The molecule has 0 bridgehead atoms. The van der Waals surface area contributed by atoms with Gasteiger partial charge in [-0.3, -0.25) is 4.90 Å². The molecular weight excluding hydrogens is 491 g/mol. The van der Waals surface area contributed by atoms with Gasteiger partial charge in [0.2, 0.25) is 0 Å². The van der Waals surface area contributed by atoms with Crippen LogP contribution in [0, 0.1) is 16.7 Å². The van der Waals surface area contributed by atoms with Crippen LogP contribution in [0.5, 0.6) is 5.75 Å². The molecule has 1 aliphatic carbocycles. The first-order valence-electron chi connectivity index (χ1n) is 12.4. The average Bonchev–Trinajstić information content (AvgIpc) is 2.85. The van der Waals surface area contributed by atoms with Crippen LogP contribution in [0.4, 0.5) is 30.4 Å². The maximum absolute atomic E-state index is 12.7. The van der Waals surface area contributed by atoms with Crippen molar-refractivity contribution >= 4 is 17.2 Å². The first kappa shape index (κ1) is 26.9. The number of aliphatic hydroxyl groups is 1. The molecule has 3 N–H and O–H groups in total. The zero-order chi connectivity index (χ0) is 26.4. The van der Waals surface area contributed by atoms with Gasteiger partial charge in [0.05, 0.1) is 11.0 Å². The highest BCUT2D eigenvalue weighted by molar-refractivity contribution is 5.65. The lowest BCUT2D eigenvalue weighted by molar-refractivity contribution is -0.736. The fourth-order valence-corrected chi connectivity index (χ4v) is 4.92. The molecule has 0 radical (unpaired) electrons. The highest BCUT2D eigenvalue weighted by Gasteiger charge is 2.32. The van der Waals surface area contributed by atoms with E-state index in [2.05, 4.69) is 25.3 Å². The lowest BCUT2D eigenvalue weighted by Crippen LogP contribution is -2.52. The fraction of sp³-hybridized carbons (Fsp3) is 0.560. The minimum absolute atomic E-state index is 0.0431. The van der Waals surface area contributed by atoms with E-state index in [-0.39, 0.29) is 24.1 Å². The Morgan fingerprint density at radius 2 is 1.84 bits per heavy atom. The Morgan fingerprint density at radius 3 is 2.51 bits per heavy atom. The summed E-state index contributed by atoms with van der Waals surface area (Å²) in [4.78, 5) is 23.9. The van der Waals surface area contributed by atoms with E-state index in [9.17, 15) is 23.2 Å². The molecule has 1 aliphatic heterocycles. The SMILES string of the molecule is CO[N+](=O)c1cnc(NCc2ccccc2OC(F)(F)F)cc1NCC1CCC(CN2CC(O)C2)CC1. The van der Waals surface area contributed by atoms with Gasteiger partial charge in [0.15, 0.2) is 7.11 Å². The van der Waals surface area contributed by atoms with E-state index in [0.717, 1.165) is 45.3 Å². The molecule has 0 unspecified atom stereocenters. The molecule has 202 valence electrons. The van der Waals surface area contributed by atoms with Crippen molar-refractivity contribution in [1.29, 1.82) is 0 Å². The summed E-state index contributed by atoms with van der Waals surface area (Å²) in [5.74, 6) is 1.19. The molecule has 0 amide bonds. The van der Waals surface area contributed by atoms with E-state index >= 15 is 0 Å². The summed E-state index contributed by atoms with van der Waals surface area (Å²) in [7, 11) is 1.26. The lowest BCUT2D eigenvalue weighted by atomic mass is 9.81. The summed E-state index contributed by atoms with van der Waals surface area (Å²) in [6.07, 6.45) is 0.784. The molecule has 37 heavy (non-hydrogen) atoms. The van der Waals surface area contributed by atoms with Crippen LogP contribution in [0.25, 0.3) is 0 Å². The van der Waals surface area contributed by atoms with Gasteiger partial charge in [-0.25, -0.2) is 9.82 Å². The number of pyridine rings is 1. The third-order valence-corrected chi connectivity index (χ3v) is 6.91. The first-order valence-corrected chi connectivity index (χ1v) is 12.4. The number of aliphatic hydroxyl groups excluding tert-OH is 1. The minimum Gasteiger partial charge on any atom is -0.405 e. The molecule has 1 saturated heterocycles. The van der Waals surface area contributed by atoms with E-state index in [4.69, 9.17) is 4.84 Å². The summed E-state index contributed by atoms with van der Waals surface area (Å²) in [6, 6.07) is 7.53. The molecule has 1 aromatic heterocycles. The first-order chi connectivity index (χ1) is 17.7. The summed E-state index contributed by atoms with van der Waals surface area (Å²) in [5, 5.41) is 15.8. The van der Waals surface area contributed by atoms with Crippen molar-refractivity contribution in [2.45, 2.75) is 44.7 Å². The van der Waals surface area contributed by atoms with Crippen LogP contribution in [0.15, 0.2) is 36.5 Å². The molecule has 2 aromatic rings. The van der Waals surface area contributed by atoms with Gasteiger partial charge in [-0.15, -0.1) is 13.2 Å². The third kappa shape index (κ3) is 7.68. The number of aromatic nitrogens is 1. The largest absolute Gasteiger partial charge is 0.573 e. The van der Waals surface area contributed by atoms with Crippen molar-refractivity contribution in [3.8, 4) is 5.75 Å². The molecule has 1 saturated carbocycles. The number of alkyl halides is 3. The van der Waals surface area contributed by atoms with Gasteiger partial charge < -0.3 is 20.5 Å². The Hall–Kier alpha value is -3.12. The predicted octanol–water partition coefficient (Wildman–Crippen LogP) is 4.46. The predicted molar refractivity (Wildman–Crippen MR) is 131 cm³/mol. The van der Waals surface area contributed by atoms with Crippen LogP contribution in [0.2, 0.25) is 0 Å². The van der Waals surface area contributed by atoms with Crippen LogP contribution in [0.3, 0.4) is 0 Å². The smallest absolute Gasteiger partial charge is 0.405 e. The average molecular weight is 525 g/mol. The summed E-state index contributed by atoms with van der Waals surface area (Å²) in [5.41, 5.74) is 1.04. The van der Waals surface area contributed by atoms with E-state index in [1.54, 1.807) is 12.1 Å². The van der Waals surface area contributed by atoms with E-state index in [1.165, 1.54) is 31.5 Å². The third-order valence-electron chi connectivity index (χ3n) is 6.91. The number of halogens is 3. The van der Waals surface area contributed by atoms with Crippen molar-refractivity contribution in [3.05, 3.63) is 47.0 Å². The normalized spacial score (nSPS) is 20.7. The van der Waals surface area contributed by atoms with Gasteiger partial charge in [0, 0.05) is 44.4 Å². The molecule has 2 aliphatic rings. The molecule has 4 rings (SSSR count). The number of hydrogen-bond acceptors (Lipinski definition) is 8. The monoisotopic (exact) mass is 524 g/mol. The van der Waals surface area contributed by atoms with Crippen molar-refractivity contribution in [2.24, 2.45) is 11.8 Å². The van der Waals surface area contributed by atoms with Gasteiger partial charge in [-0.2, -0.15) is 0 Å².